The van der Waals surface area contributed by atoms with Gasteiger partial charge in [-0.2, -0.15) is 0 Å². The third-order valence-electron chi connectivity index (χ3n) is 1.78. The van der Waals surface area contributed by atoms with Gasteiger partial charge in [0.2, 0.25) is 0 Å². The first-order chi connectivity index (χ1) is 5.72. The van der Waals surface area contributed by atoms with E-state index in [0.29, 0.717) is 6.42 Å². The van der Waals surface area contributed by atoms with Crippen molar-refractivity contribution in [3.05, 3.63) is 0 Å². The van der Waals surface area contributed by atoms with Crippen LogP contribution in [-0.4, -0.2) is 11.1 Å². The van der Waals surface area contributed by atoms with Gasteiger partial charge in [-0.25, -0.2) is 0 Å². The van der Waals surface area contributed by atoms with Gasteiger partial charge in [-0.15, -0.1) is 11.8 Å². The number of rotatable bonds is 5. The van der Waals surface area contributed by atoms with Gasteiger partial charge in [0.05, 0.1) is 5.92 Å². The van der Waals surface area contributed by atoms with Gasteiger partial charge in [-0.05, 0) is 13.3 Å². The molecule has 0 heterocycles. The molecule has 68 valence electrons. The van der Waals surface area contributed by atoms with E-state index in [2.05, 4.69) is 18.8 Å². The number of aliphatic carboxylic acids is 1. The fourth-order valence-electron chi connectivity index (χ4n) is 0.989. The molecule has 0 aliphatic rings. The van der Waals surface area contributed by atoms with E-state index in [1.165, 1.54) is 0 Å². The summed E-state index contributed by atoms with van der Waals surface area (Å²) in [4.78, 5) is 10.6. The highest BCUT2D eigenvalue weighted by atomic mass is 16.4. The van der Waals surface area contributed by atoms with Gasteiger partial charge in [-0.1, -0.05) is 19.8 Å². The zero-order valence-corrected chi connectivity index (χ0v) is 7.76. The molecule has 0 saturated carbocycles. The first kappa shape index (κ1) is 11.0. The van der Waals surface area contributed by atoms with Crippen molar-refractivity contribution in [3.8, 4) is 11.8 Å². The lowest BCUT2D eigenvalue weighted by atomic mass is 9.99. The second-order valence-corrected chi connectivity index (χ2v) is 2.81. The summed E-state index contributed by atoms with van der Waals surface area (Å²) in [7, 11) is 0. The molecule has 0 aliphatic heterocycles. The minimum absolute atomic E-state index is 0.266. The summed E-state index contributed by atoms with van der Waals surface area (Å²) in [6.45, 7) is 3.79. The zero-order chi connectivity index (χ0) is 9.40. The molecule has 1 unspecified atom stereocenters. The van der Waals surface area contributed by atoms with Crippen LogP contribution in [0.4, 0.5) is 0 Å². The third kappa shape index (κ3) is 4.79. The van der Waals surface area contributed by atoms with Gasteiger partial charge < -0.3 is 5.11 Å². The van der Waals surface area contributed by atoms with Gasteiger partial charge in [0.1, 0.15) is 0 Å². The van der Waals surface area contributed by atoms with Crippen LogP contribution < -0.4 is 0 Å². The van der Waals surface area contributed by atoms with Crippen LogP contribution in [0.25, 0.3) is 0 Å². The molecule has 1 N–H and O–H groups in total. The maximum Gasteiger partial charge on any atom is 0.307 e. The molecular formula is C10H16O2. The third-order valence-corrected chi connectivity index (χ3v) is 1.78. The highest BCUT2D eigenvalue weighted by Gasteiger charge is 2.14. The number of unbranched alkanes of at least 4 members (excludes halogenated alkanes) is 1. The molecule has 0 aliphatic carbocycles. The molecule has 2 heteroatoms. The molecule has 0 amide bonds. The first-order valence-corrected chi connectivity index (χ1v) is 4.34. The number of carboxylic acids is 1. The SMILES string of the molecule is CC#CCC(CCCC)C(=O)O. The second-order valence-electron chi connectivity index (χ2n) is 2.81. The Labute approximate surface area is 74.0 Å². The average molecular weight is 168 g/mol. The number of hydrogen-bond acceptors (Lipinski definition) is 1. The smallest absolute Gasteiger partial charge is 0.307 e. The van der Waals surface area contributed by atoms with Crippen LogP contribution in [0.3, 0.4) is 0 Å². The molecule has 0 aromatic carbocycles. The lowest BCUT2D eigenvalue weighted by Gasteiger charge is -2.06. The van der Waals surface area contributed by atoms with Crippen molar-refractivity contribution in [1.29, 1.82) is 0 Å². The average Bonchev–Trinajstić information content (AvgIpc) is 2.04. The molecule has 0 rings (SSSR count). The van der Waals surface area contributed by atoms with E-state index >= 15 is 0 Å². The van der Waals surface area contributed by atoms with E-state index in [4.69, 9.17) is 5.11 Å². The van der Waals surface area contributed by atoms with Gasteiger partial charge in [0.25, 0.3) is 0 Å². The largest absolute Gasteiger partial charge is 0.481 e. The Kier molecular flexibility index (Phi) is 6.18. The Morgan fingerprint density at radius 1 is 1.58 bits per heavy atom. The zero-order valence-electron chi connectivity index (χ0n) is 7.76. The Bertz CT molecular complexity index is 186. The van der Waals surface area contributed by atoms with E-state index in [1.807, 2.05) is 0 Å². The molecule has 0 aromatic rings. The van der Waals surface area contributed by atoms with Crippen molar-refractivity contribution in [2.45, 2.75) is 39.5 Å². The summed E-state index contributed by atoms with van der Waals surface area (Å²) >= 11 is 0. The summed E-state index contributed by atoms with van der Waals surface area (Å²) in [5.74, 6) is 4.54. The van der Waals surface area contributed by atoms with E-state index in [1.54, 1.807) is 6.92 Å². The monoisotopic (exact) mass is 168 g/mol. The standard InChI is InChI=1S/C10H16O2/c1-3-5-7-9(10(11)12)8-6-4-2/h9H,3,5,7-8H2,1-2H3,(H,11,12). The maximum absolute atomic E-state index is 10.6. The molecule has 0 radical (unpaired) electrons. The molecule has 0 spiro atoms. The van der Waals surface area contributed by atoms with E-state index in [-0.39, 0.29) is 5.92 Å². The molecule has 0 bridgehead atoms. The van der Waals surface area contributed by atoms with Crippen LogP contribution >= 0.6 is 0 Å². The van der Waals surface area contributed by atoms with Crippen molar-refractivity contribution < 1.29 is 9.90 Å². The van der Waals surface area contributed by atoms with Crippen molar-refractivity contribution in [3.63, 3.8) is 0 Å². The molecule has 12 heavy (non-hydrogen) atoms. The molecule has 0 saturated heterocycles. The summed E-state index contributed by atoms with van der Waals surface area (Å²) in [6, 6.07) is 0. The second kappa shape index (κ2) is 6.72. The fourth-order valence-corrected chi connectivity index (χ4v) is 0.989. The summed E-state index contributed by atoms with van der Waals surface area (Å²) in [5, 5.41) is 8.76. The predicted molar refractivity (Wildman–Crippen MR) is 48.7 cm³/mol. The summed E-state index contributed by atoms with van der Waals surface area (Å²) in [5.41, 5.74) is 0. The lowest BCUT2D eigenvalue weighted by molar-refractivity contribution is -0.141. The minimum Gasteiger partial charge on any atom is -0.481 e. The summed E-state index contributed by atoms with van der Waals surface area (Å²) in [6.07, 6.45) is 3.26. The Hall–Kier alpha value is -0.970. The van der Waals surface area contributed by atoms with E-state index in [9.17, 15) is 4.79 Å². The first-order valence-electron chi connectivity index (χ1n) is 4.34. The van der Waals surface area contributed by atoms with E-state index in [0.717, 1.165) is 19.3 Å². The number of hydrogen-bond donors (Lipinski definition) is 1. The Morgan fingerprint density at radius 3 is 2.67 bits per heavy atom. The highest BCUT2D eigenvalue weighted by Crippen LogP contribution is 2.12. The Morgan fingerprint density at radius 2 is 2.25 bits per heavy atom. The van der Waals surface area contributed by atoms with Gasteiger partial charge in [0, 0.05) is 6.42 Å². The van der Waals surface area contributed by atoms with E-state index < -0.39 is 5.97 Å². The fraction of sp³-hybridized carbons (Fsp3) is 0.700. The van der Waals surface area contributed by atoms with Crippen molar-refractivity contribution >= 4 is 5.97 Å². The summed E-state index contributed by atoms with van der Waals surface area (Å²) < 4.78 is 0. The number of carbonyl (C=O) groups is 1. The maximum atomic E-state index is 10.6. The predicted octanol–water partition coefficient (Wildman–Crippen LogP) is 2.29. The molecule has 0 aromatic heterocycles. The van der Waals surface area contributed by atoms with Crippen LogP contribution in [0, 0.1) is 17.8 Å². The van der Waals surface area contributed by atoms with Gasteiger partial charge >= 0.3 is 5.97 Å². The molecular weight excluding hydrogens is 152 g/mol. The minimum atomic E-state index is -0.716. The van der Waals surface area contributed by atoms with Crippen molar-refractivity contribution in [2.75, 3.05) is 0 Å². The van der Waals surface area contributed by atoms with Crippen molar-refractivity contribution in [1.82, 2.24) is 0 Å². The quantitative estimate of drug-likeness (QED) is 0.639. The normalized spacial score (nSPS) is 11.5. The van der Waals surface area contributed by atoms with Crippen molar-refractivity contribution in [2.24, 2.45) is 5.92 Å². The van der Waals surface area contributed by atoms with Crippen LogP contribution in [0.5, 0.6) is 0 Å². The topological polar surface area (TPSA) is 37.3 Å². The van der Waals surface area contributed by atoms with Crippen LogP contribution in [0.2, 0.25) is 0 Å². The molecule has 1 atom stereocenters. The van der Waals surface area contributed by atoms with Crippen LogP contribution in [0.1, 0.15) is 39.5 Å². The van der Waals surface area contributed by atoms with Crippen LogP contribution in [-0.2, 0) is 4.79 Å². The van der Waals surface area contributed by atoms with Gasteiger partial charge in [-0.3, -0.25) is 4.79 Å². The van der Waals surface area contributed by atoms with Gasteiger partial charge in [0.15, 0.2) is 0 Å². The van der Waals surface area contributed by atoms with Crippen LogP contribution in [0.15, 0.2) is 0 Å². The lowest BCUT2D eigenvalue weighted by Crippen LogP contribution is -2.12. The molecule has 0 fully saturated rings. The number of carboxylic acid groups (broad SMARTS) is 1. The Balaban J connectivity index is 3.83. The molecule has 2 nitrogen and oxygen atoms in total. The highest BCUT2D eigenvalue weighted by molar-refractivity contribution is 5.70.